The lowest BCUT2D eigenvalue weighted by Crippen LogP contribution is -2.27. The van der Waals surface area contributed by atoms with Crippen LogP contribution in [0.2, 0.25) is 0 Å². The second-order valence-corrected chi connectivity index (χ2v) is 7.80. The molecule has 1 N–H and O–H groups in total. The number of nitrogens with one attached hydrogen (secondary N) is 1. The molecule has 1 aliphatic heterocycles. The molecule has 0 bridgehead atoms. The second kappa shape index (κ2) is 9.29. The van der Waals surface area contributed by atoms with Gasteiger partial charge >= 0.3 is 0 Å². The fraction of sp³-hybridized carbons (Fsp3) is 0.115. The molecule has 34 heavy (non-hydrogen) atoms. The predicted molar refractivity (Wildman–Crippen MR) is 123 cm³/mol. The summed E-state index contributed by atoms with van der Waals surface area (Å²) in [4.78, 5) is 24.5. The van der Waals surface area contributed by atoms with Crippen LogP contribution in [0.4, 0.5) is 4.39 Å². The van der Waals surface area contributed by atoms with E-state index >= 15 is 0 Å². The van der Waals surface area contributed by atoms with Crippen molar-refractivity contribution in [2.24, 2.45) is 0 Å². The number of aromatic nitrogens is 2. The van der Waals surface area contributed by atoms with Crippen LogP contribution < -0.4 is 5.48 Å². The Morgan fingerprint density at radius 1 is 1.00 bits per heavy atom. The zero-order valence-electron chi connectivity index (χ0n) is 18.3. The highest BCUT2D eigenvalue weighted by Gasteiger charge is 2.35. The summed E-state index contributed by atoms with van der Waals surface area (Å²) in [7, 11) is 1.50. The third-order valence-electron chi connectivity index (χ3n) is 5.58. The van der Waals surface area contributed by atoms with E-state index in [9.17, 15) is 9.18 Å². The summed E-state index contributed by atoms with van der Waals surface area (Å²) in [6, 6.07) is 22.7. The average Bonchev–Trinajstić information content (AvgIpc) is 3.53. The highest BCUT2D eigenvalue weighted by atomic mass is 19.1. The van der Waals surface area contributed by atoms with Gasteiger partial charge in [0.1, 0.15) is 11.9 Å². The molecule has 5 rings (SSSR count). The van der Waals surface area contributed by atoms with E-state index in [0.717, 1.165) is 11.1 Å². The van der Waals surface area contributed by atoms with Gasteiger partial charge in [0.15, 0.2) is 0 Å². The normalized spacial score (nSPS) is 15.3. The number of benzene rings is 3. The monoisotopic (exact) mass is 456 g/mol. The van der Waals surface area contributed by atoms with Crippen LogP contribution in [-0.2, 0) is 4.84 Å². The molecule has 7 nitrogen and oxygen atoms in total. The van der Waals surface area contributed by atoms with Crippen LogP contribution in [0.15, 0.2) is 95.3 Å². The van der Waals surface area contributed by atoms with Crippen molar-refractivity contribution >= 4 is 5.91 Å². The number of amides is 1. The van der Waals surface area contributed by atoms with Crippen LogP contribution in [0.1, 0.15) is 28.7 Å². The zero-order chi connectivity index (χ0) is 23.5. The zero-order valence-corrected chi connectivity index (χ0v) is 18.3. The molecular formula is C26H21FN4O3. The second-order valence-electron chi connectivity index (χ2n) is 7.80. The number of hydrogen-bond acceptors (Lipinski definition) is 6. The minimum atomic E-state index is -0.513. The molecule has 8 heteroatoms. The molecule has 170 valence electrons. The topological polar surface area (TPSA) is 80.5 Å². The number of carbonyl (C=O) groups is 1. The third-order valence-corrected chi connectivity index (χ3v) is 5.58. The quantitative estimate of drug-likeness (QED) is 0.406. The standard InChI is InChI=1S/C26H21FN4O3/c1-33-29-22-15-23(25-28-24(30-34-25)19-11-13-21(27)14-12-19)31(16-22)26(32)20-9-7-18(8-10-20)17-5-3-2-4-6-17/h2-14,16,23,29H,15H2,1H3. The number of nitrogens with zero attached hydrogens (tertiary/aromatic N) is 3. The van der Waals surface area contributed by atoms with Crippen molar-refractivity contribution in [3.63, 3.8) is 0 Å². The fourth-order valence-electron chi connectivity index (χ4n) is 3.89. The number of rotatable bonds is 6. The van der Waals surface area contributed by atoms with Crippen molar-refractivity contribution in [1.29, 1.82) is 0 Å². The Hall–Kier alpha value is -4.30. The fourth-order valence-corrected chi connectivity index (χ4v) is 3.89. The number of halogens is 1. The summed E-state index contributed by atoms with van der Waals surface area (Å²) in [5, 5.41) is 4.02. The highest BCUT2D eigenvalue weighted by molar-refractivity contribution is 5.96. The van der Waals surface area contributed by atoms with Crippen LogP contribution in [0, 0.1) is 5.82 Å². The van der Waals surface area contributed by atoms with E-state index in [1.807, 2.05) is 42.5 Å². The number of hydroxylamine groups is 1. The minimum absolute atomic E-state index is 0.209. The van der Waals surface area contributed by atoms with Gasteiger partial charge in [0.25, 0.3) is 11.8 Å². The van der Waals surface area contributed by atoms with Crippen molar-refractivity contribution < 1.29 is 18.5 Å². The molecule has 1 aromatic heterocycles. The lowest BCUT2D eigenvalue weighted by atomic mass is 10.0. The van der Waals surface area contributed by atoms with Crippen LogP contribution in [0.25, 0.3) is 22.5 Å². The molecule has 0 saturated heterocycles. The van der Waals surface area contributed by atoms with Gasteiger partial charge in [-0.15, -0.1) is 0 Å². The Balaban J connectivity index is 1.41. The Morgan fingerprint density at radius 2 is 1.68 bits per heavy atom. The highest BCUT2D eigenvalue weighted by Crippen LogP contribution is 2.35. The molecule has 4 aromatic rings. The molecule has 1 atom stereocenters. The number of hydrogen-bond donors (Lipinski definition) is 1. The van der Waals surface area contributed by atoms with Crippen LogP contribution in [0.5, 0.6) is 0 Å². The van der Waals surface area contributed by atoms with Crippen LogP contribution >= 0.6 is 0 Å². The summed E-state index contributed by atoms with van der Waals surface area (Å²) in [5.41, 5.74) is 6.73. The molecule has 2 heterocycles. The molecule has 0 spiro atoms. The van der Waals surface area contributed by atoms with Crippen molar-refractivity contribution in [2.75, 3.05) is 7.11 Å². The summed E-state index contributed by atoms with van der Waals surface area (Å²) in [5.74, 6) is 0.0392. The summed E-state index contributed by atoms with van der Waals surface area (Å²) in [6.45, 7) is 0. The Morgan fingerprint density at radius 3 is 2.38 bits per heavy atom. The predicted octanol–water partition coefficient (Wildman–Crippen LogP) is 5.12. The van der Waals surface area contributed by atoms with E-state index < -0.39 is 6.04 Å². The Bertz CT molecular complexity index is 1320. The molecule has 1 aliphatic rings. The maximum absolute atomic E-state index is 13.4. The smallest absolute Gasteiger partial charge is 0.258 e. The van der Waals surface area contributed by atoms with Gasteiger partial charge in [0.05, 0.1) is 12.8 Å². The lowest BCUT2D eigenvalue weighted by molar-refractivity contribution is 0.0760. The molecule has 1 amide bonds. The first kappa shape index (κ1) is 21.5. The van der Waals surface area contributed by atoms with Crippen molar-refractivity contribution in [3.8, 4) is 22.5 Å². The first-order valence-corrected chi connectivity index (χ1v) is 10.7. The van der Waals surface area contributed by atoms with Gasteiger partial charge in [-0.3, -0.25) is 15.1 Å². The Kier molecular flexibility index (Phi) is 5.88. The molecule has 0 saturated carbocycles. The summed E-state index contributed by atoms with van der Waals surface area (Å²) in [6.07, 6.45) is 2.09. The maximum Gasteiger partial charge on any atom is 0.258 e. The van der Waals surface area contributed by atoms with Gasteiger partial charge in [0, 0.05) is 23.7 Å². The molecule has 3 aromatic carbocycles. The first-order valence-electron chi connectivity index (χ1n) is 10.7. The largest absolute Gasteiger partial charge is 0.337 e. The van der Waals surface area contributed by atoms with E-state index in [2.05, 4.69) is 15.6 Å². The van der Waals surface area contributed by atoms with E-state index in [1.165, 1.54) is 19.2 Å². The minimum Gasteiger partial charge on any atom is -0.337 e. The van der Waals surface area contributed by atoms with Gasteiger partial charge < -0.3 is 9.42 Å². The van der Waals surface area contributed by atoms with E-state index in [4.69, 9.17) is 9.36 Å². The van der Waals surface area contributed by atoms with Crippen molar-refractivity contribution in [3.05, 3.63) is 108 Å². The Labute approximate surface area is 195 Å². The summed E-state index contributed by atoms with van der Waals surface area (Å²) >= 11 is 0. The van der Waals surface area contributed by atoms with Crippen LogP contribution in [-0.4, -0.2) is 28.1 Å². The van der Waals surface area contributed by atoms with Gasteiger partial charge in [-0.1, -0.05) is 47.6 Å². The molecular weight excluding hydrogens is 435 g/mol. The van der Waals surface area contributed by atoms with E-state index in [-0.39, 0.29) is 17.6 Å². The average molecular weight is 456 g/mol. The molecule has 0 radical (unpaired) electrons. The molecule has 0 fully saturated rings. The van der Waals surface area contributed by atoms with E-state index in [0.29, 0.717) is 29.1 Å². The third kappa shape index (κ3) is 4.31. The molecule has 1 unspecified atom stereocenters. The van der Waals surface area contributed by atoms with Gasteiger partial charge in [-0.2, -0.15) is 4.98 Å². The lowest BCUT2D eigenvalue weighted by Gasteiger charge is -2.20. The van der Waals surface area contributed by atoms with Gasteiger partial charge in [-0.25, -0.2) is 4.39 Å². The number of carbonyl (C=O) groups excluding carboxylic acids is 1. The van der Waals surface area contributed by atoms with Crippen molar-refractivity contribution in [2.45, 2.75) is 12.5 Å². The van der Waals surface area contributed by atoms with E-state index in [1.54, 1.807) is 35.4 Å². The van der Waals surface area contributed by atoms with Crippen LogP contribution in [0.3, 0.4) is 0 Å². The molecule has 0 aliphatic carbocycles. The SMILES string of the molecule is CONC1=CN(C(=O)c2ccc(-c3ccccc3)cc2)C(c2nc(-c3ccc(F)cc3)no2)C1. The van der Waals surface area contributed by atoms with Gasteiger partial charge in [-0.05, 0) is 47.5 Å². The summed E-state index contributed by atoms with van der Waals surface area (Å²) < 4.78 is 18.8. The first-order chi connectivity index (χ1) is 16.6. The van der Waals surface area contributed by atoms with Crippen molar-refractivity contribution in [1.82, 2.24) is 20.5 Å². The van der Waals surface area contributed by atoms with Gasteiger partial charge in [0.2, 0.25) is 5.82 Å². The maximum atomic E-state index is 13.4.